The lowest BCUT2D eigenvalue weighted by molar-refractivity contribution is 0.102. The molecule has 5 rings (SSSR count). The Kier molecular flexibility index (Phi) is 4.99. The first kappa shape index (κ1) is 19.4. The van der Waals surface area contributed by atoms with Crippen LogP contribution >= 0.6 is 0 Å². The normalized spacial score (nSPS) is 18.9. The molecule has 1 amide bonds. The zero-order valence-corrected chi connectivity index (χ0v) is 17.3. The number of nitrogens with one attached hydrogen (secondary N) is 1. The Morgan fingerprint density at radius 2 is 1.97 bits per heavy atom. The predicted molar refractivity (Wildman–Crippen MR) is 118 cm³/mol. The highest BCUT2D eigenvalue weighted by Crippen LogP contribution is 2.34. The van der Waals surface area contributed by atoms with E-state index in [1.165, 1.54) is 0 Å². The molecule has 8 heteroatoms. The average Bonchev–Trinajstić information content (AvgIpc) is 3.38. The summed E-state index contributed by atoms with van der Waals surface area (Å²) >= 11 is 0. The fourth-order valence-electron chi connectivity index (χ4n) is 4.28. The Bertz CT molecular complexity index is 1240. The third kappa shape index (κ3) is 3.82. The monoisotopic (exact) mass is 416 g/mol. The number of benzene rings is 1. The molecule has 1 aliphatic carbocycles. The zero-order chi connectivity index (χ0) is 21.4. The Hall–Kier alpha value is -3.52. The number of rotatable bonds is 4. The Morgan fingerprint density at radius 3 is 2.74 bits per heavy atom. The number of imidazole rings is 1. The molecular formula is C23H24N6O2. The van der Waals surface area contributed by atoms with E-state index in [0.717, 1.165) is 42.3 Å². The van der Waals surface area contributed by atoms with Crippen molar-refractivity contribution in [1.82, 2.24) is 24.3 Å². The van der Waals surface area contributed by atoms with Crippen LogP contribution < -0.4 is 5.32 Å². The summed E-state index contributed by atoms with van der Waals surface area (Å²) in [5.74, 6) is 0.298. The number of aliphatic hydroxyl groups is 1. The van der Waals surface area contributed by atoms with E-state index in [1.54, 1.807) is 29.2 Å². The molecule has 0 saturated heterocycles. The van der Waals surface area contributed by atoms with Gasteiger partial charge in [0.25, 0.3) is 5.91 Å². The van der Waals surface area contributed by atoms with Crippen LogP contribution in [0.5, 0.6) is 0 Å². The lowest BCUT2D eigenvalue weighted by atomic mass is 9.93. The molecule has 0 unspecified atom stereocenters. The van der Waals surface area contributed by atoms with Crippen LogP contribution in [0.3, 0.4) is 0 Å². The van der Waals surface area contributed by atoms with Crippen LogP contribution in [-0.2, 0) is 7.05 Å². The molecule has 31 heavy (non-hydrogen) atoms. The largest absolute Gasteiger partial charge is 0.393 e. The van der Waals surface area contributed by atoms with Gasteiger partial charge in [0.1, 0.15) is 0 Å². The smallest absolute Gasteiger partial charge is 0.258 e. The molecule has 0 aliphatic heterocycles. The molecular weight excluding hydrogens is 392 g/mol. The Morgan fingerprint density at radius 1 is 1.16 bits per heavy atom. The van der Waals surface area contributed by atoms with Crippen molar-refractivity contribution in [1.29, 1.82) is 0 Å². The number of amides is 1. The third-order valence-electron chi connectivity index (χ3n) is 5.88. The maximum Gasteiger partial charge on any atom is 0.258 e. The minimum Gasteiger partial charge on any atom is -0.393 e. The number of aromatic nitrogens is 5. The van der Waals surface area contributed by atoms with Crippen molar-refractivity contribution in [3.63, 3.8) is 0 Å². The molecule has 4 aromatic rings. The summed E-state index contributed by atoms with van der Waals surface area (Å²) in [4.78, 5) is 22.2. The molecule has 1 aliphatic rings. The van der Waals surface area contributed by atoms with E-state index in [4.69, 9.17) is 4.98 Å². The van der Waals surface area contributed by atoms with Gasteiger partial charge in [-0.2, -0.15) is 5.10 Å². The molecule has 158 valence electrons. The van der Waals surface area contributed by atoms with E-state index in [2.05, 4.69) is 20.0 Å². The third-order valence-corrected chi connectivity index (χ3v) is 5.88. The molecule has 8 nitrogen and oxygen atoms in total. The number of carbonyl (C=O) groups excluding carboxylic acids is 1. The van der Waals surface area contributed by atoms with E-state index in [9.17, 15) is 9.90 Å². The highest BCUT2D eigenvalue weighted by atomic mass is 16.3. The van der Waals surface area contributed by atoms with Gasteiger partial charge in [0.05, 0.1) is 29.0 Å². The summed E-state index contributed by atoms with van der Waals surface area (Å²) in [6.45, 7) is 0. The quantitative estimate of drug-likeness (QED) is 0.530. The second-order valence-electron chi connectivity index (χ2n) is 8.04. The molecule has 1 aromatic carbocycles. The van der Waals surface area contributed by atoms with Crippen LogP contribution in [0.2, 0.25) is 0 Å². The Balaban J connectivity index is 1.47. The van der Waals surface area contributed by atoms with E-state index >= 15 is 0 Å². The molecule has 3 aromatic heterocycles. The molecule has 3 heterocycles. The number of nitrogens with zero attached hydrogens (tertiary/aromatic N) is 5. The number of para-hydroxylation sites is 2. The van der Waals surface area contributed by atoms with Gasteiger partial charge < -0.3 is 9.67 Å². The van der Waals surface area contributed by atoms with Gasteiger partial charge in [0.2, 0.25) is 5.95 Å². The van der Waals surface area contributed by atoms with Gasteiger partial charge in [0, 0.05) is 36.6 Å². The van der Waals surface area contributed by atoms with Crippen molar-refractivity contribution in [2.24, 2.45) is 7.05 Å². The Labute approximate surface area is 179 Å². The van der Waals surface area contributed by atoms with Crippen molar-refractivity contribution >= 4 is 22.9 Å². The van der Waals surface area contributed by atoms with E-state index in [0.29, 0.717) is 17.2 Å². The highest BCUT2D eigenvalue weighted by molar-refractivity contribution is 6.04. The van der Waals surface area contributed by atoms with Gasteiger partial charge in [-0.25, -0.2) is 4.98 Å². The van der Waals surface area contributed by atoms with Crippen LogP contribution in [0.15, 0.2) is 55.0 Å². The fourth-order valence-corrected chi connectivity index (χ4v) is 4.28. The average molecular weight is 416 g/mol. The lowest BCUT2D eigenvalue weighted by Crippen LogP contribution is -2.23. The van der Waals surface area contributed by atoms with E-state index in [1.807, 2.05) is 37.5 Å². The molecule has 2 N–H and O–H groups in total. The van der Waals surface area contributed by atoms with Crippen molar-refractivity contribution < 1.29 is 9.90 Å². The van der Waals surface area contributed by atoms with Gasteiger partial charge >= 0.3 is 0 Å². The number of anilines is 1. The van der Waals surface area contributed by atoms with Gasteiger partial charge in [-0.15, -0.1) is 0 Å². The molecule has 1 saturated carbocycles. The SMILES string of the molecule is Cn1cc(-c2cc(C(=O)Nc3nc4ccccc4n3C3CCC(O)CC3)ccn2)cn1. The molecule has 0 bridgehead atoms. The zero-order valence-electron chi connectivity index (χ0n) is 17.3. The van der Waals surface area contributed by atoms with Crippen molar-refractivity contribution in [3.8, 4) is 11.3 Å². The standard InChI is InChI=1S/C23H24N6O2/c1-28-14-16(13-25-28)20-12-15(10-11-24-20)22(31)27-23-26-19-4-2-3-5-21(19)29(23)17-6-8-18(30)9-7-17/h2-5,10-14,17-18,30H,6-9H2,1H3,(H,26,27,31). The summed E-state index contributed by atoms with van der Waals surface area (Å²) in [5.41, 5.74) is 3.88. The number of fused-ring (bicyclic) bond motifs is 1. The summed E-state index contributed by atoms with van der Waals surface area (Å²) in [6, 6.07) is 11.5. The molecule has 0 radical (unpaired) electrons. The maximum atomic E-state index is 13.1. The van der Waals surface area contributed by atoms with Gasteiger partial charge in [-0.05, 0) is 49.9 Å². The summed E-state index contributed by atoms with van der Waals surface area (Å²) in [7, 11) is 1.84. The summed E-state index contributed by atoms with van der Waals surface area (Å²) in [5, 5.41) is 17.1. The van der Waals surface area contributed by atoms with Crippen LogP contribution in [0.4, 0.5) is 5.95 Å². The van der Waals surface area contributed by atoms with Crippen LogP contribution in [-0.4, -0.2) is 41.4 Å². The summed E-state index contributed by atoms with van der Waals surface area (Å²) in [6.07, 6.45) is 8.18. The van der Waals surface area contributed by atoms with Crippen LogP contribution in [0.1, 0.15) is 42.1 Å². The molecule has 0 atom stereocenters. The van der Waals surface area contributed by atoms with Crippen molar-refractivity contribution in [2.75, 3.05) is 5.32 Å². The first-order chi connectivity index (χ1) is 15.1. The van der Waals surface area contributed by atoms with E-state index in [-0.39, 0.29) is 18.1 Å². The fraction of sp³-hybridized carbons (Fsp3) is 0.304. The number of hydrogen-bond acceptors (Lipinski definition) is 5. The van der Waals surface area contributed by atoms with Crippen LogP contribution in [0.25, 0.3) is 22.3 Å². The number of carbonyl (C=O) groups is 1. The molecule has 1 fully saturated rings. The van der Waals surface area contributed by atoms with E-state index < -0.39 is 0 Å². The van der Waals surface area contributed by atoms with Gasteiger partial charge in [-0.3, -0.25) is 19.8 Å². The topological polar surface area (TPSA) is 97.9 Å². The van der Waals surface area contributed by atoms with Crippen molar-refractivity contribution in [3.05, 3.63) is 60.6 Å². The minimum atomic E-state index is -0.244. The number of pyridine rings is 1. The van der Waals surface area contributed by atoms with Gasteiger partial charge in [0.15, 0.2) is 0 Å². The predicted octanol–water partition coefficient (Wildman–Crippen LogP) is 3.56. The highest BCUT2D eigenvalue weighted by Gasteiger charge is 2.25. The maximum absolute atomic E-state index is 13.1. The summed E-state index contributed by atoms with van der Waals surface area (Å²) < 4.78 is 3.82. The van der Waals surface area contributed by atoms with Crippen LogP contribution in [0, 0.1) is 0 Å². The van der Waals surface area contributed by atoms with Gasteiger partial charge in [-0.1, -0.05) is 12.1 Å². The first-order valence-corrected chi connectivity index (χ1v) is 10.5. The molecule has 0 spiro atoms. The lowest BCUT2D eigenvalue weighted by Gasteiger charge is -2.28. The second kappa shape index (κ2) is 7.96. The number of hydrogen-bond donors (Lipinski definition) is 2. The number of aliphatic hydroxyl groups excluding tert-OH is 1. The number of aryl methyl sites for hydroxylation is 1. The first-order valence-electron chi connectivity index (χ1n) is 10.5. The van der Waals surface area contributed by atoms with Crippen molar-refractivity contribution in [2.45, 2.75) is 37.8 Å². The second-order valence-corrected chi connectivity index (χ2v) is 8.04. The minimum absolute atomic E-state index is 0.189.